The Kier molecular flexibility index (Phi) is 4.37. The largest absolute Gasteiger partial charge is 0.454 e. The second kappa shape index (κ2) is 6.85. The van der Waals surface area contributed by atoms with E-state index in [4.69, 9.17) is 9.47 Å². The number of halogens is 1. The standard InChI is InChI=1S/C20H14FNO4S/c1-11(23)14-8-16-17(26-10-25-16)9-15(14)22-20(24)19-7-6-18(27-19)12-2-4-13(21)5-3-12/h2-9H,10H2,1H3,(H,22,24). The average molecular weight is 383 g/mol. The molecule has 4 rings (SSSR count). The Morgan fingerprint density at radius 2 is 1.74 bits per heavy atom. The molecular weight excluding hydrogens is 369 g/mol. The average Bonchev–Trinajstić information content (AvgIpc) is 3.30. The maximum atomic E-state index is 13.1. The molecule has 1 amide bonds. The van der Waals surface area contributed by atoms with Gasteiger partial charge in [0.25, 0.3) is 5.91 Å². The minimum Gasteiger partial charge on any atom is -0.454 e. The van der Waals surface area contributed by atoms with Gasteiger partial charge in [-0.25, -0.2) is 4.39 Å². The number of carbonyl (C=O) groups is 2. The molecule has 0 bridgehead atoms. The topological polar surface area (TPSA) is 64.6 Å². The molecule has 7 heteroatoms. The number of anilines is 1. The SMILES string of the molecule is CC(=O)c1cc2c(cc1NC(=O)c1ccc(-c3ccc(F)cc3)s1)OCO2. The summed E-state index contributed by atoms with van der Waals surface area (Å²) in [4.78, 5) is 25.9. The van der Waals surface area contributed by atoms with Crippen LogP contribution >= 0.6 is 11.3 Å². The first-order valence-electron chi connectivity index (χ1n) is 8.13. The van der Waals surface area contributed by atoms with Crippen LogP contribution in [0.5, 0.6) is 11.5 Å². The first kappa shape index (κ1) is 17.2. The van der Waals surface area contributed by atoms with Crippen molar-refractivity contribution in [2.75, 3.05) is 12.1 Å². The van der Waals surface area contributed by atoms with Crippen LogP contribution in [0.3, 0.4) is 0 Å². The predicted molar refractivity (Wildman–Crippen MR) is 100 cm³/mol. The van der Waals surface area contributed by atoms with Crippen LogP contribution in [-0.4, -0.2) is 18.5 Å². The number of hydrogen-bond donors (Lipinski definition) is 1. The molecule has 2 aromatic carbocycles. The lowest BCUT2D eigenvalue weighted by Crippen LogP contribution is -2.13. The number of carbonyl (C=O) groups excluding carboxylic acids is 2. The molecule has 1 N–H and O–H groups in total. The lowest BCUT2D eigenvalue weighted by Gasteiger charge is -2.10. The molecule has 0 fully saturated rings. The predicted octanol–water partition coefficient (Wildman–Crippen LogP) is 4.74. The van der Waals surface area contributed by atoms with Crippen molar-refractivity contribution in [2.24, 2.45) is 0 Å². The van der Waals surface area contributed by atoms with E-state index in [1.807, 2.05) is 0 Å². The maximum absolute atomic E-state index is 13.1. The second-order valence-corrected chi connectivity index (χ2v) is 7.02. The maximum Gasteiger partial charge on any atom is 0.265 e. The number of ketones is 1. The number of thiophene rings is 1. The van der Waals surface area contributed by atoms with E-state index in [-0.39, 0.29) is 24.3 Å². The van der Waals surface area contributed by atoms with E-state index in [1.54, 1.807) is 36.4 Å². The quantitative estimate of drug-likeness (QED) is 0.661. The minimum absolute atomic E-state index is 0.0794. The normalized spacial score (nSPS) is 12.1. The lowest BCUT2D eigenvalue weighted by molar-refractivity contribution is 0.101. The summed E-state index contributed by atoms with van der Waals surface area (Å²) in [5.41, 5.74) is 1.55. The zero-order valence-corrected chi connectivity index (χ0v) is 15.1. The molecule has 0 spiro atoms. The van der Waals surface area contributed by atoms with E-state index in [1.165, 1.54) is 30.4 Å². The molecule has 136 valence electrons. The Bertz CT molecular complexity index is 1040. The number of fused-ring (bicyclic) bond motifs is 1. The van der Waals surface area contributed by atoms with Crippen molar-refractivity contribution in [3.05, 3.63) is 64.8 Å². The van der Waals surface area contributed by atoms with Crippen molar-refractivity contribution in [1.82, 2.24) is 0 Å². The number of ether oxygens (including phenoxy) is 2. The van der Waals surface area contributed by atoms with E-state index in [0.29, 0.717) is 27.6 Å². The van der Waals surface area contributed by atoms with Gasteiger partial charge >= 0.3 is 0 Å². The molecule has 0 saturated heterocycles. The molecule has 5 nitrogen and oxygen atoms in total. The van der Waals surface area contributed by atoms with Crippen LogP contribution in [0.15, 0.2) is 48.5 Å². The minimum atomic E-state index is -0.338. The molecule has 2 heterocycles. The lowest BCUT2D eigenvalue weighted by atomic mass is 10.1. The summed E-state index contributed by atoms with van der Waals surface area (Å²) < 4.78 is 23.7. The molecule has 0 atom stereocenters. The van der Waals surface area contributed by atoms with Crippen molar-refractivity contribution in [3.63, 3.8) is 0 Å². The number of rotatable bonds is 4. The fourth-order valence-electron chi connectivity index (χ4n) is 2.75. The zero-order chi connectivity index (χ0) is 19.0. The van der Waals surface area contributed by atoms with Gasteiger partial charge in [0.2, 0.25) is 6.79 Å². The summed E-state index contributed by atoms with van der Waals surface area (Å²) in [6.45, 7) is 1.50. The van der Waals surface area contributed by atoms with Crippen LogP contribution < -0.4 is 14.8 Å². The highest BCUT2D eigenvalue weighted by atomic mass is 32.1. The Balaban J connectivity index is 1.60. The number of amides is 1. The Labute approximate surface area is 158 Å². The van der Waals surface area contributed by atoms with Gasteiger partial charge in [0.05, 0.1) is 10.6 Å². The van der Waals surface area contributed by atoms with Crippen molar-refractivity contribution in [1.29, 1.82) is 0 Å². The van der Waals surface area contributed by atoms with Crippen LogP contribution in [0.1, 0.15) is 27.0 Å². The molecule has 1 aliphatic rings. The van der Waals surface area contributed by atoms with Gasteiger partial charge in [-0.15, -0.1) is 11.3 Å². The third-order valence-corrected chi connectivity index (χ3v) is 5.23. The van der Waals surface area contributed by atoms with Crippen molar-refractivity contribution >= 4 is 28.7 Å². The fourth-order valence-corrected chi connectivity index (χ4v) is 3.66. The van der Waals surface area contributed by atoms with Gasteiger partial charge in [-0.05, 0) is 42.8 Å². The van der Waals surface area contributed by atoms with Crippen molar-refractivity contribution < 1.29 is 23.5 Å². The van der Waals surface area contributed by atoms with Crippen molar-refractivity contribution in [3.8, 4) is 21.9 Å². The van der Waals surface area contributed by atoms with Crippen LogP contribution in [0.25, 0.3) is 10.4 Å². The zero-order valence-electron chi connectivity index (χ0n) is 14.2. The molecule has 0 radical (unpaired) electrons. The van der Waals surface area contributed by atoms with Crippen LogP contribution in [-0.2, 0) is 0 Å². The second-order valence-electron chi connectivity index (χ2n) is 5.93. The molecule has 27 heavy (non-hydrogen) atoms. The van der Waals surface area contributed by atoms with E-state index in [9.17, 15) is 14.0 Å². The fraction of sp³-hybridized carbons (Fsp3) is 0.100. The molecule has 3 aromatic rings. The Morgan fingerprint density at radius 3 is 2.44 bits per heavy atom. The van der Waals surface area contributed by atoms with Crippen LogP contribution in [0, 0.1) is 5.82 Å². The van der Waals surface area contributed by atoms with Gasteiger partial charge in [-0.3, -0.25) is 9.59 Å². The summed E-state index contributed by atoms with van der Waals surface area (Å²) in [6.07, 6.45) is 0. The van der Waals surface area contributed by atoms with Gasteiger partial charge in [-0.2, -0.15) is 0 Å². The van der Waals surface area contributed by atoms with Crippen molar-refractivity contribution in [2.45, 2.75) is 6.92 Å². The number of nitrogens with one attached hydrogen (secondary N) is 1. The highest BCUT2D eigenvalue weighted by Gasteiger charge is 2.21. The summed E-state index contributed by atoms with van der Waals surface area (Å²) in [7, 11) is 0. The van der Waals surface area contributed by atoms with E-state index in [2.05, 4.69) is 5.32 Å². The molecule has 0 unspecified atom stereocenters. The molecule has 0 saturated carbocycles. The Hall–Kier alpha value is -3.19. The molecule has 0 aliphatic carbocycles. The first-order valence-corrected chi connectivity index (χ1v) is 8.94. The summed E-state index contributed by atoms with van der Waals surface area (Å²) in [5.74, 6) is 0.116. The van der Waals surface area contributed by atoms with E-state index >= 15 is 0 Å². The number of benzene rings is 2. The van der Waals surface area contributed by atoms with Gasteiger partial charge < -0.3 is 14.8 Å². The molecule has 1 aromatic heterocycles. The summed E-state index contributed by atoms with van der Waals surface area (Å²) in [6, 6.07) is 12.7. The Morgan fingerprint density at radius 1 is 1.04 bits per heavy atom. The number of hydrogen-bond acceptors (Lipinski definition) is 5. The monoisotopic (exact) mass is 383 g/mol. The first-order chi connectivity index (χ1) is 13.0. The number of Topliss-reactive ketones (excluding diaryl/α,β-unsaturated/α-hetero) is 1. The van der Waals surface area contributed by atoms with Gasteiger partial charge in [0.1, 0.15) is 5.82 Å². The van der Waals surface area contributed by atoms with Gasteiger partial charge in [-0.1, -0.05) is 12.1 Å². The smallest absolute Gasteiger partial charge is 0.265 e. The third-order valence-electron chi connectivity index (χ3n) is 4.10. The highest BCUT2D eigenvalue weighted by Crippen LogP contribution is 2.37. The van der Waals surface area contributed by atoms with Crippen LogP contribution in [0.2, 0.25) is 0 Å². The highest BCUT2D eigenvalue weighted by molar-refractivity contribution is 7.17. The van der Waals surface area contributed by atoms with Crippen LogP contribution in [0.4, 0.5) is 10.1 Å². The van der Waals surface area contributed by atoms with Gasteiger partial charge in [0, 0.05) is 16.5 Å². The van der Waals surface area contributed by atoms with Gasteiger partial charge in [0.15, 0.2) is 17.3 Å². The van der Waals surface area contributed by atoms with E-state index < -0.39 is 0 Å². The molecular formula is C20H14FNO4S. The summed E-state index contributed by atoms with van der Waals surface area (Å²) in [5, 5.41) is 2.77. The third kappa shape index (κ3) is 3.41. The molecule has 1 aliphatic heterocycles. The summed E-state index contributed by atoms with van der Waals surface area (Å²) >= 11 is 1.28. The van der Waals surface area contributed by atoms with E-state index in [0.717, 1.165) is 10.4 Å².